The summed E-state index contributed by atoms with van der Waals surface area (Å²) in [5.74, 6) is 2.68. The first-order chi connectivity index (χ1) is 5.24. The highest BCUT2D eigenvalue weighted by molar-refractivity contribution is 5.01. The molecule has 0 unspecified atom stereocenters. The molecule has 1 aliphatic carbocycles. The zero-order valence-corrected chi connectivity index (χ0v) is 7.14. The van der Waals surface area contributed by atoms with E-state index < -0.39 is 0 Å². The van der Waals surface area contributed by atoms with Crippen LogP contribution in [0.15, 0.2) is 12.2 Å². The number of terminal acetylenes is 1. The van der Waals surface area contributed by atoms with Crippen LogP contribution in [0.3, 0.4) is 0 Å². The normalized spacial score (nSPS) is 16.5. The van der Waals surface area contributed by atoms with Crippen LogP contribution < -0.4 is 0 Å². The smallest absolute Gasteiger partial charge is 0.0604 e. The van der Waals surface area contributed by atoms with Gasteiger partial charge in [-0.3, -0.25) is 4.90 Å². The zero-order chi connectivity index (χ0) is 8.27. The molecule has 0 saturated heterocycles. The Labute approximate surface area is 69.1 Å². The summed E-state index contributed by atoms with van der Waals surface area (Å²) in [6, 6.07) is 0.753. The molecular formula is C10H15N. The van der Waals surface area contributed by atoms with Crippen molar-refractivity contribution in [2.75, 3.05) is 13.1 Å². The van der Waals surface area contributed by atoms with Gasteiger partial charge >= 0.3 is 0 Å². The Morgan fingerprint density at radius 1 is 1.73 bits per heavy atom. The van der Waals surface area contributed by atoms with E-state index in [0.29, 0.717) is 0 Å². The van der Waals surface area contributed by atoms with Crippen molar-refractivity contribution in [2.45, 2.75) is 25.8 Å². The van der Waals surface area contributed by atoms with Crippen molar-refractivity contribution < 1.29 is 0 Å². The zero-order valence-electron chi connectivity index (χ0n) is 7.14. The van der Waals surface area contributed by atoms with E-state index in [2.05, 4.69) is 17.4 Å². The molecule has 0 N–H and O–H groups in total. The van der Waals surface area contributed by atoms with E-state index in [1.807, 2.05) is 6.92 Å². The molecule has 0 aliphatic heterocycles. The van der Waals surface area contributed by atoms with Crippen LogP contribution in [0.2, 0.25) is 0 Å². The second kappa shape index (κ2) is 3.59. The first kappa shape index (κ1) is 8.36. The van der Waals surface area contributed by atoms with Crippen LogP contribution in [0.4, 0.5) is 0 Å². The van der Waals surface area contributed by atoms with Crippen LogP contribution in [0.5, 0.6) is 0 Å². The summed E-state index contributed by atoms with van der Waals surface area (Å²) in [5.41, 5.74) is 1.20. The highest BCUT2D eigenvalue weighted by atomic mass is 15.2. The minimum absolute atomic E-state index is 0.753. The minimum atomic E-state index is 0.753. The van der Waals surface area contributed by atoms with Crippen molar-refractivity contribution in [3.63, 3.8) is 0 Å². The van der Waals surface area contributed by atoms with Gasteiger partial charge in [-0.2, -0.15) is 0 Å². The average Bonchev–Trinajstić information content (AvgIpc) is 2.66. The van der Waals surface area contributed by atoms with Crippen LogP contribution in [-0.4, -0.2) is 24.0 Å². The van der Waals surface area contributed by atoms with Gasteiger partial charge in [-0.15, -0.1) is 6.42 Å². The Kier molecular flexibility index (Phi) is 2.73. The van der Waals surface area contributed by atoms with Crippen molar-refractivity contribution in [3.05, 3.63) is 12.2 Å². The van der Waals surface area contributed by atoms with Crippen molar-refractivity contribution in [1.29, 1.82) is 0 Å². The van der Waals surface area contributed by atoms with E-state index in [1.54, 1.807) is 0 Å². The molecular weight excluding hydrogens is 134 g/mol. The van der Waals surface area contributed by atoms with Gasteiger partial charge in [0, 0.05) is 12.6 Å². The van der Waals surface area contributed by atoms with E-state index >= 15 is 0 Å². The second-order valence-corrected chi connectivity index (χ2v) is 3.30. The van der Waals surface area contributed by atoms with Crippen LogP contribution in [0.1, 0.15) is 19.8 Å². The van der Waals surface area contributed by atoms with E-state index in [4.69, 9.17) is 6.42 Å². The Hall–Kier alpha value is -0.740. The Balaban J connectivity index is 2.33. The van der Waals surface area contributed by atoms with Crippen LogP contribution in [-0.2, 0) is 0 Å². The quantitative estimate of drug-likeness (QED) is 0.434. The van der Waals surface area contributed by atoms with E-state index in [9.17, 15) is 0 Å². The molecule has 11 heavy (non-hydrogen) atoms. The summed E-state index contributed by atoms with van der Waals surface area (Å²) in [6.07, 6.45) is 7.88. The fourth-order valence-corrected chi connectivity index (χ4v) is 1.22. The van der Waals surface area contributed by atoms with Crippen LogP contribution >= 0.6 is 0 Å². The summed E-state index contributed by atoms with van der Waals surface area (Å²) < 4.78 is 0. The van der Waals surface area contributed by atoms with Crippen LogP contribution in [0.25, 0.3) is 0 Å². The second-order valence-electron chi connectivity index (χ2n) is 3.30. The summed E-state index contributed by atoms with van der Waals surface area (Å²) in [5, 5.41) is 0. The third-order valence-corrected chi connectivity index (χ3v) is 1.83. The summed E-state index contributed by atoms with van der Waals surface area (Å²) in [4.78, 5) is 2.32. The Morgan fingerprint density at radius 3 is 2.73 bits per heavy atom. The van der Waals surface area contributed by atoms with E-state index in [-0.39, 0.29) is 0 Å². The van der Waals surface area contributed by atoms with Gasteiger partial charge < -0.3 is 0 Å². The first-order valence-electron chi connectivity index (χ1n) is 4.06. The molecule has 60 valence electrons. The number of hydrogen-bond acceptors (Lipinski definition) is 1. The lowest BCUT2D eigenvalue weighted by atomic mass is 10.3. The number of rotatable bonds is 4. The molecule has 0 radical (unpaired) electrons. The molecule has 0 heterocycles. The van der Waals surface area contributed by atoms with Crippen molar-refractivity contribution in [1.82, 2.24) is 4.90 Å². The van der Waals surface area contributed by atoms with Gasteiger partial charge in [0.25, 0.3) is 0 Å². The Morgan fingerprint density at radius 2 is 2.36 bits per heavy atom. The van der Waals surface area contributed by atoms with Gasteiger partial charge in [-0.1, -0.05) is 18.1 Å². The Bertz CT molecular complexity index is 184. The lowest BCUT2D eigenvalue weighted by Gasteiger charge is -2.18. The van der Waals surface area contributed by atoms with Gasteiger partial charge in [0.1, 0.15) is 0 Å². The fourth-order valence-electron chi connectivity index (χ4n) is 1.22. The largest absolute Gasteiger partial charge is 0.285 e. The predicted molar refractivity (Wildman–Crippen MR) is 48.2 cm³/mol. The highest BCUT2D eigenvalue weighted by Crippen LogP contribution is 2.26. The lowest BCUT2D eigenvalue weighted by molar-refractivity contribution is 0.323. The maximum atomic E-state index is 5.25. The molecule has 0 spiro atoms. The van der Waals surface area contributed by atoms with Crippen LogP contribution in [0, 0.1) is 12.3 Å². The molecule has 0 aromatic heterocycles. The van der Waals surface area contributed by atoms with Gasteiger partial charge in [-0.05, 0) is 19.8 Å². The van der Waals surface area contributed by atoms with Crippen molar-refractivity contribution >= 4 is 0 Å². The van der Waals surface area contributed by atoms with Gasteiger partial charge in [0.05, 0.1) is 6.54 Å². The molecule has 1 rings (SSSR count). The van der Waals surface area contributed by atoms with E-state index in [1.165, 1.54) is 18.4 Å². The molecule has 0 amide bonds. The summed E-state index contributed by atoms with van der Waals surface area (Å²) in [6.45, 7) is 7.67. The standard InChI is InChI=1S/C10H15N/c1-4-7-11(8-9(2)3)10-5-6-10/h1,10H,2,5-8H2,3H3. The predicted octanol–water partition coefficient (Wildman–Crippen LogP) is 1.66. The SMILES string of the molecule is C#CCN(CC(=C)C)C1CC1. The maximum absolute atomic E-state index is 5.25. The maximum Gasteiger partial charge on any atom is 0.0604 e. The fraction of sp³-hybridized carbons (Fsp3) is 0.600. The molecule has 1 aliphatic rings. The summed E-state index contributed by atoms with van der Waals surface area (Å²) >= 11 is 0. The third-order valence-electron chi connectivity index (χ3n) is 1.83. The minimum Gasteiger partial charge on any atom is -0.285 e. The lowest BCUT2D eigenvalue weighted by Crippen LogP contribution is -2.27. The topological polar surface area (TPSA) is 3.24 Å². The molecule has 0 aromatic carbocycles. The first-order valence-corrected chi connectivity index (χ1v) is 4.06. The molecule has 0 atom stereocenters. The van der Waals surface area contributed by atoms with Gasteiger partial charge in [0.2, 0.25) is 0 Å². The van der Waals surface area contributed by atoms with Crippen molar-refractivity contribution in [3.8, 4) is 12.3 Å². The van der Waals surface area contributed by atoms with Gasteiger partial charge in [0.15, 0.2) is 0 Å². The molecule has 1 fully saturated rings. The molecule has 0 aromatic rings. The van der Waals surface area contributed by atoms with Gasteiger partial charge in [-0.25, -0.2) is 0 Å². The monoisotopic (exact) mass is 149 g/mol. The van der Waals surface area contributed by atoms with E-state index in [0.717, 1.165) is 19.1 Å². The number of hydrogen-bond donors (Lipinski definition) is 0. The third kappa shape index (κ3) is 2.78. The molecule has 0 bridgehead atoms. The molecule has 1 saturated carbocycles. The molecule has 1 nitrogen and oxygen atoms in total. The summed E-state index contributed by atoms with van der Waals surface area (Å²) in [7, 11) is 0. The average molecular weight is 149 g/mol. The molecule has 1 heteroatoms. The van der Waals surface area contributed by atoms with Crippen molar-refractivity contribution in [2.24, 2.45) is 0 Å². The number of nitrogens with zero attached hydrogens (tertiary/aromatic N) is 1. The highest BCUT2D eigenvalue weighted by Gasteiger charge is 2.27.